The first-order chi connectivity index (χ1) is 11.4. The van der Waals surface area contributed by atoms with Gasteiger partial charge in [-0.1, -0.05) is 45.7 Å². The smallest absolute Gasteiger partial charge is 0.340 e. The number of ether oxygens (including phenoxy) is 1. The van der Waals surface area contributed by atoms with E-state index in [9.17, 15) is 9.59 Å². The molecule has 0 N–H and O–H groups in total. The molecule has 0 bridgehead atoms. The SMILES string of the molecule is CCN(C(=O)[C@H](C)OC(=O)c1cc(Br)ccc1Cl)c1ccccc1. The third kappa shape index (κ3) is 4.36. The predicted octanol–water partition coefficient (Wildman–Crippen LogP) is 4.70. The molecule has 0 heterocycles. The minimum Gasteiger partial charge on any atom is -0.449 e. The van der Waals surface area contributed by atoms with Gasteiger partial charge in [-0.3, -0.25) is 4.79 Å². The maximum atomic E-state index is 12.6. The van der Waals surface area contributed by atoms with Crippen LogP contribution in [0.1, 0.15) is 24.2 Å². The van der Waals surface area contributed by atoms with Gasteiger partial charge in [0.15, 0.2) is 6.10 Å². The average Bonchev–Trinajstić information content (AvgIpc) is 2.58. The average molecular weight is 411 g/mol. The Labute approximate surface area is 154 Å². The van der Waals surface area contributed by atoms with Crippen molar-refractivity contribution < 1.29 is 14.3 Å². The summed E-state index contributed by atoms with van der Waals surface area (Å²) in [6, 6.07) is 14.1. The molecule has 0 radical (unpaired) electrons. The number of para-hydroxylation sites is 1. The Morgan fingerprint density at radius 3 is 2.50 bits per heavy atom. The van der Waals surface area contributed by atoms with Gasteiger partial charge in [0.05, 0.1) is 10.6 Å². The predicted molar refractivity (Wildman–Crippen MR) is 98.5 cm³/mol. The van der Waals surface area contributed by atoms with Gasteiger partial charge >= 0.3 is 5.97 Å². The van der Waals surface area contributed by atoms with E-state index < -0.39 is 12.1 Å². The van der Waals surface area contributed by atoms with Gasteiger partial charge in [0.25, 0.3) is 5.91 Å². The monoisotopic (exact) mass is 409 g/mol. The van der Waals surface area contributed by atoms with Gasteiger partial charge in [-0.15, -0.1) is 0 Å². The molecule has 0 aromatic heterocycles. The molecule has 1 amide bonds. The molecule has 0 aliphatic rings. The van der Waals surface area contributed by atoms with E-state index in [0.29, 0.717) is 11.0 Å². The summed E-state index contributed by atoms with van der Waals surface area (Å²) in [6.07, 6.45) is -0.923. The van der Waals surface area contributed by atoms with Gasteiger partial charge in [0.1, 0.15) is 0 Å². The lowest BCUT2D eigenvalue weighted by molar-refractivity contribution is -0.126. The first kappa shape index (κ1) is 18.5. The zero-order valence-corrected chi connectivity index (χ0v) is 15.7. The van der Waals surface area contributed by atoms with Crippen LogP contribution in [-0.2, 0) is 9.53 Å². The van der Waals surface area contributed by atoms with Crippen LogP contribution in [0, 0.1) is 0 Å². The highest BCUT2D eigenvalue weighted by molar-refractivity contribution is 9.10. The van der Waals surface area contributed by atoms with Gasteiger partial charge in [-0.2, -0.15) is 0 Å². The van der Waals surface area contributed by atoms with Gasteiger partial charge in [-0.05, 0) is 44.2 Å². The van der Waals surface area contributed by atoms with E-state index >= 15 is 0 Å². The van der Waals surface area contributed by atoms with Crippen LogP contribution in [0.25, 0.3) is 0 Å². The fraction of sp³-hybridized carbons (Fsp3) is 0.222. The summed E-state index contributed by atoms with van der Waals surface area (Å²) < 4.78 is 6.01. The summed E-state index contributed by atoms with van der Waals surface area (Å²) in [5, 5.41) is 0.276. The maximum Gasteiger partial charge on any atom is 0.340 e. The van der Waals surface area contributed by atoms with Crippen LogP contribution in [0.15, 0.2) is 53.0 Å². The Bertz CT molecular complexity index is 736. The zero-order chi connectivity index (χ0) is 17.7. The summed E-state index contributed by atoms with van der Waals surface area (Å²) in [4.78, 5) is 26.5. The van der Waals surface area contributed by atoms with Crippen LogP contribution in [0.3, 0.4) is 0 Å². The van der Waals surface area contributed by atoms with E-state index in [1.54, 1.807) is 30.0 Å². The molecule has 0 saturated heterocycles. The van der Waals surface area contributed by atoms with Crippen LogP contribution in [-0.4, -0.2) is 24.5 Å². The second-order valence-electron chi connectivity index (χ2n) is 5.09. The molecule has 4 nitrogen and oxygen atoms in total. The Morgan fingerprint density at radius 1 is 1.21 bits per heavy atom. The van der Waals surface area contributed by atoms with Gasteiger partial charge in [0.2, 0.25) is 0 Å². The molecular weight excluding hydrogens is 394 g/mol. The molecule has 2 aromatic rings. The molecule has 0 aliphatic heterocycles. The van der Waals surface area contributed by atoms with Crippen molar-refractivity contribution in [3.8, 4) is 0 Å². The highest BCUT2D eigenvalue weighted by Gasteiger charge is 2.25. The second kappa shape index (κ2) is 8.31. The molecule has 0 spiro atoms. The van der Waals surface area contributed by atoms with Crippen molar-refractivity contribution in [2.75, 3.05) is 11.4 Å². The Morgan fingerprint density at radius 2 is 1.88 bits per heavy atom. The normalized spacial score (nSPS) is 11.7. The Balaban J connectivity index is 2.13. The van der Waals surface area contributed by atoms with E-state index in [2.05, 4.69) is 15.9 Å². The maximum absolute atomic E-state index is 12.6. The number of rotatable bonds is 5. The van der Waals surface area contributed by atoms with Crippen LogP contribution >= 0.6 is 27.5 Å². The third-order valence-corrected chi connectivity index (χ3v) is 4.25. The number of esters is 1. The number of hydrogen-bond acceptors (Lipinski definition) is 3. The van der Waals surface area contributed by atoms with Gasteiger partial charge in [0, 0.05) is 16.7 Å². The standard InChI is InChI=1S/C18H17BrClNO3/c1-3-21(14-7-5-4-6-8-14)17(22)12(2)24-18(23)15-11-13(19)9-10-16(15)20/h4-12H,3H2,1-2H3/t12-/m0/s1. The number of hydrogen-bond donors (Lipinski definition) is 0. The van der Waals surface area contributed by atoms with E-state index in [1.807, 2.05) is 37.3 Å². The van der Waals surface area contributed by atoms with E-state index in [1.165, 1.54) is 0 Å². The summed E-state index contributed by atoms with van der Waals surface area (Å²) in [7, 11) is 0. The summed E-state index contributed by atoms with van der Waals surface area (Å²) in [5.74, 6) is -0.922. The van der Waals surface area contributed by atoms with Crippen LogP contribution < -0.4 is 4.90 Å². The number of carbonyl (C=O) groups is 2. The van der Waals surface area contributed by atoms with Crippen LogP contribution in [0.2, 0.25) is 5.02 Å². The number of halogens is 2. The van der Waals surface area contributed by atoms with Crippen molar-refractivity contribution in [2.45, 2.75) is 20.0 Å². The van der Waals surface area contributed by atoms with E-state index in [-0.39, 0.29) is 16.5 Å². The fourth-order valence-electron chi connectivity index (χ4n) is 2.22. The molecule has 6 heteroatoms. The van der Waals surface area contributed by atoms with Crippen molar-refractivity contribution in [2.24, 2.45) is 0 Å². The molecule has 0 unspecified atom stereocenters. The number of benzene rings is 2. The number of likely N-dealkylation sites (N-methyl/N-ethyl adjacent to an activating group) is 1. The molecule has 0 fully saturated rings. The van der Waals surface area contributed by atoms with Crippen LogP contribution in [0.5, 0.6) is 0 Å². The lowest BCUT2D eigenvalue weighted by Gasteiger charge is -2.24. The number of carbonyl (C=O) groups excluding carboxylic acids is 2. The number of nitrogens with zero attached hydrogens (tertiary/aromatic N) is 1. The Hall–Kier alpha value is -1.85. The topological polar surface area (TPSA) is 46.6 Å². The van der Waals surface area contributed by atoms with Gasteiger partial charge in [-0.25, -0.2) is 4.79 Å². The quantitative estimate of drug-likeness (QED) is 0.671. The minimum atomic E-state index is -0.923. The lowest BCUT2D eigenvalue weighted by Crippen LogP contribution is -2.40. The van der Waals surface area contributed by atoms with Crippen molar-refractivity contribution in [3.63, 3.8) is 0 Å². The lowest BCUT2D eigenvalue weighted by atomic mass is 10.2. The summed E-state index contributed by atoms with van der Waals surface area (Å²) >= 11 is 9.31. The van der Waals surface area contributed by atoms with Gasteiger partial charge < -0.3 is 9.64 Å². The van der Waals surface area contributed by atoms with Crippen molar-refractivity contribution >= 4 is 45.1 Å². The molecule has 1 atom stereocenters. The first-order valence-corrected chi connectivity index (χ1v) is 8.63. The molecule has 2 rings (SSSR count). The molecule has 24 heavy (non-hydrogen) atoms. The molecular formula is C18H17BrClNO3. The van der Waals surface area contributed by atoms with E-state index in [0.717, 1.165) is 5.69 Å². The molecule has 0 aliphatic carbocycles. The van der Waals surface area contributed by atoms with E-state index in [4.69, 9.17) is 16.3 Å². The summed E-state index contributed by atoms with van der Waals surface area (Å²) in [5.41, 5.74) is 0.974. The number of amides is 1. The van der Waals surface area contributed by atoms with Crippen molar-refractivity contribution in [1.82, 2.24) is 0 Å². The van der Waals surface area contributed by atoms with Crippen molar-refractivity contribution in [3.05, 3.63) is 63.6 Å². The highest BCUT2D eigenvalue weighted by atomic mass is 79.9. The molecule has 126 valence electrons. The largest absolute Gasteiger partial charge is 0.449 e. The molecule has 0 saturated carbocycles. The first-order valence-electron chi connectivity index (χ1n) is 7.46. The Kier molecular flexibility index (Phi) is 6.40. The second-order valence-corrected chi connectivity index (χ2v) is 6.41. The number of anilines is 1. The minimum absolute atomic E-state index is 0.216. The zero-order valence-electron chi connectivity index (χ0n) is 13.3. The third-order valence-electron chi connectivity index (χ3n) is 3.43. The summed E-state index contributed by atoms with van der Waals surface area (Å²) in [6.45, 7) is 3.89. The highest BCUT2D eigenvalue weighted by Crippen LogP contribution is 2.23. The van der Waals surface area contributed by atoms with Crippen LogP contribution in [0.4, 0.5) is 5.69 Å². The molecule has 2 aromatic carbocycles. The van der Waals surface area contributed by atoms with Crippen molar-refractivity contribution in [1.29, 1.82) is 0 Å². The fourth-order valence-corrected chi connectivity index (χ4v) is 2.78.